The lowest BCUT2D eigenvalue weighted by molar-refractivity contribution is -0.116. The van der Waals surface area contributed by atoms with E-state index in [1.807, 2.05) is 38.1 Å². The van der Waals surface area contributed by atoms with Gasteiger partial charge in [-0.1, -0.05) is 29.8 Å². The Morgan fingerprint density at radius 1 is 1.11 bits per heavy atom. The molecule has 0 spiro atoms. The number of ether oxygens (including phenoxy) is 1. The van der Waals surface area contributed by atoms with E-state index in [-0.39, 0.29) is 12.5 Å². The third-order valence-electron chi connectivity index (χ3n) is 4.46. The van der Waals surface area contributed by atoms with Crippen molar-refractivity contribution in [1.29, 1.82) is 0 Å². The molecule has 1 amide bonds. The Kier molecular flexibility index (Phi) is 6.33. The molecular formula is C20H25N3O4S. The number of rotatable bonds is 7. The molecule has 0 saturated carbocycles. The lowest BCUT2D eigenvalue weighted by Crippen LogP contribution is -2.37. The monoisotopic (exact) mass is 403 g/mol. The van der Waals surface area contributed by atoms with Crippen molar-refractivity contribution in [2.24, 2.45) is 0 Å². The number of hydrogen-bond donors (Lipinski definition) is 1. The second kappa shape index (κ2) is 8.72. The summed E-state index contributed by atoms with van der Waals surface area (Å²) in [5.74, 6) is 0.347. The summed E-state index contributed by atoms with van der Waals surface area (Å²) in [4.78, 5) is 12.3. The van der Waals surface area contributed by atoms with Crippen molar-refractivity contribution in [2.75, 3.05) is 31.6 Å². The van der Waals surface area contributed by atoms with E-state index >= 15 is 0 Å². The highest BCUT2D eigenvalue weighted by atomic mass is 32.2. The van der Waals surface area contributed by atoms with Gasteiger partial charge >= 0.3 is 0 Å². The minimum Gasteiger partial charge on any atom is -0.494 e. The van der Waals surface area contributed by atoms with Crippen LogP contribution in [0.25, 0.3) is 0 Å². The molecule has 1 aliphatic heterocycles. The molecule has 2 aromatic carbocycles. The summed E-state index contributed by atoms with van der Waals surface area (Å²) < 4.78 is 33.5. The fraction of sp³-hybridized carbons (Fsp3) is 0.350. The summed E-state index contributed by atoms with van der Waals surface area (Å²) in [5, 5.41) is 2.73. The SMILES string of the molecule is CCOc1ccc(NC(=O)CN2CCN(Cc3cccc(C)c3)S2(=O)=O)cc1. The molecule has 1 heterocycles. The molecule has 1 aliphatic rings. The van der Waals surface area contributed by atoms with Crippen molar-refractivity contribution in [2.45, 2.75) is 20.4 Å². The van der Waals surface area contributed by atoms with Gasteiger partial charge in [0.25, 0.3) is 10.2 Å². The number of carbonyl (C=O) groups excluding carboxylic acids is 1. The Bertz CT molecular complexity index is 929. The number of aryl methyl sites for hydroxylation is 1. The third-order valence-corrected chi connectivity index (χ3v) is 6.39. The highest BCUT2D eigenvalue weighted by Gasteiger charge is 2.37. The summed E-state index contributed by atoms with van der Waals surface area (Å²) in [7, 11) is -3.65. The van der Waals surface area contributed by atoms with Crippen LogP contribution >= 0.6 is 0 Å². The number of amides is 1. The molecule has 7 nitrogen and oxygen atoms in total. The normalized spacial score (nSPS) is 16.8. The van der Waals surface area contributed by atoms with Gasteiger partial charge in [-0.25, -0.2) is 0 Å². The van der Waals surface area contributed by atoms with E-state index < -0.39 is 10.2 Å². The number of anilines is 1. The first-order chi connectivity index (χ1) is 13.4. The van der Waals surface area contributed by atoms with Gasteiger partial charge in [0.2, 0.25) is 5.91 Å². The van der Waals surface area contributed by atoms with Gasteiger partial charge < -0.3 is 10.1 Å². The van der Waals surface area contributed by atoms with Crippen LogP contribution in [-0.2, 0) is 21.5 Å². The molecule has 0 aromatic heterocycles. The van der Waals surface area contributed by atoms with Gasteiger partial charge in [-0.2, -0.15) is 17.0 Å². The standard InChI is InChI=1S/C20H25N3O4S/c1-3-27-19-9-7-18(8-10-19)21-20(24)15-23-12-11-22(28(23,25)26)14-17-6-4-5-16(2)13-17/h4-10,13H,3,11-12,14-15H2,1-2H3,(H,21,24). The summed E-state index contributed by atoms with van der Waals surface area (Å²) in [5.41, 5.74) is 2.62. The maximum atomic E-state index is 12.7. The molecule has 0 unspecified atom stereocenters. The van der Waals surface area contributed by atoms with Crippen LogP contribution < -0.4 is 10.1 Å². The van der Waals surface area contributed by atoms with Crippen LogP contribution in [-0.4, -0.2) is 49.2 Å². The molecule has 0 aliphatic carbocycles. The zero-order valence-corrected chi connectivity index (χ0v) is 16.9. The molecule has 2 aromatic rings. The van der Waals surface area contributed by atoms with Crippen LogP contribution in [0, 0.1) is 6.92 Å². The number of hydrogen-bond acceptors (Lipinski definition) is 4. The van der Waals surface area contributed by atoms with Gasteiger partial charge in [-0.3, -0.25) is 4.79 Å². The highest BCUT2D eigenvalue weighted by molar-refractivity contribution is 7.87. The second-order valence-corrected chi connectivity index (χ2v) is 8.60. The topological polar surface area (TPSA) is 79.0 Å². The van der Waals surface area contributed by atoms with E-state index in [1.54, 1.807) is 24.3 Å². The van der Waals surface area contributed by atoms with Gasteiger partial charge in [0.05, 0.1) is 13.2 Å². The summed E-state index contributed by atoms with van der Waals surface area (Å²) in [6.45, 7) is 5.20. The van der Waals surface area contributed by atoms with Crippen LogP contribution in [0.3, 0.4) is 0 Å². The van der Waals surface area contributed by atoms with Crippen molar-refractivity contribution in [3.8, 4) is 5.75 Å². The van der Waals surface area contributed by atoms with Gasteiger partial charge in [-0.05, 0) is 43.7 Å². The molecule has 0 bridgehead atoms. The Hall–Kier alpha value is -2.42. The third kappa shape index (κ3) is 4.89. The predicted molar refractivity (Wildman–Crippen MR) is 108 cm³/mol. The Labute approximate surface area is 166 Å². The molecule has 1 fully saturated rings. The zero-order valence-electron chi connectivity index (χ0n) is 16.1. The molecule has 1 N–H and O–H groups in total. The van der Waals surface area contributed by atoms with Crippen molar-refractivity contribution >= 4 is 21.8 Å². The van der Waals surface area contributed by atoms with Crippen LogP contribution in [0.1, 0.15) is 18.1 Å². The fourth-order valence-electron chi connectivity index (χ4n) is 3.11. The van der Waals surface area contributed by atoms with Gasteiger partial charge in [0.1, 0.15) is 5.75 Å². The Morgan fingerprint density at radius 2 is 1.82 bits per heavy atom. The largest absolute Gasteiger partial charge is 0.494 e. The first-order valence-electron chi connectivity index (χ1n) is 9.22. The van der Waals surface area contributed by atoms with E-state index in [4.69, 9.17) is 4.74 Å². The molecule has 0 atom stereocenters. The Balaban J connectivity index is 1.59. The van der Waals surface area contributed by atoms with Gasteiger partial charge in [0.15, 0.2) is 0 Å². The van der Waals surface area contributed by atoms with E-state index in [0.717, 1.165) is 16.9 Å². The molecule has 3 rings (SSSR count). The lowest BCUT2D eigenvalue weighted by Gasteiger charge is -2.18. The van der Waals surface area contributed by atoms with Gasteiger partial charge in [-0.15, -0.1) is 0 Å². The van der Waals surface area contributed by atoms with Crippen LogP contribution in [0.5, 0.6) is 5.75 Å². The minimum absolute atomic E-state index is 0.208. The molecule has 1 saturated heterocycles. The highest BCUT2D eigenvalue weighted by Crippen LogP contribution is 2.20. The number of nitrogens with one attached hydrogen (secondary N) is 1. The molecular weight excluding hydrogens is 378 g/mol. The van der Waals surface area contributed by atoms with Crippen molar-refractivity contribution in [3.05, 3.63) is 59.7 Å². The predicted octanol–water partition coefficient (Wildman–Crippen LogP) is 2.39. The lowest BCUT2D eigenvalue weighted by atomic mass is 10.1. The van der Waals surface area contributed by atoms with E-state index in [2.05, 4.69) is 5.32 Å². The average molecular weight is 404 g/mol. The van der Waals surface area contributed by atoms with Crippen LogP contribution in [0.4, 0.5) is 5.69 Å². The number of nitrogens with zero attached hydrogens (tertiary/aromatic N) is 2. The van der Waals surface area contributed by atoms with Crippen molar-refractivity contribution < 1.29 is 17.9 Å². The smallest absolute Gasteiger partial charge is 0.282 e. The minimum atomic E-state index is -3.65. The first kappa shape index (κ1) is 20.3. The fourth-order valence-corrected chi connectivity index (χ4v) is 4.66. The average Bonchev–Trinajstić information content (AvgIpc) is 2.91. The maximum absolute atomic E-state index is 12.7. The molecule has 150 valence electrons. The van der Waals surface area contributed by atoms with Gasteiger partial charge in [0, 0.05) is 25.3 Å². The number of benzene rings is 2. The van der Waals surface area contributed by atoms with E-state index in [1.165, 1.54) is 8.61 Å². The summed E-state index contributed by atoms with van der Waals surface area (Å²) in [6, 6.07) is 14.7. The van der Waals surface area contributed by atoms with E-state index in [0.29, 0.717) is 31.9 Å². The zero-order chi connectivity index (χ0) is 20.1. The van der Waals surface area contributed by atoms with Crippen LogP contribution in [0.2, 0.25) is 0 Å². The van der Waals surface area contributed by atoms with Crippen molar-refractivity contribution in [1.82, 2.24) is 8.61 Å². The quantitative estimate of drug-likeness (QED) is 0.770. The molecule has 28 heavy (non-hydrogen) atoms. The van der Waals surface area contributed by atoms with E-state index in [9.17, 15) is 13.2 Å². The summed E-state index contributed by atoms with van der Waals surface area (Å²) in [6.07, 6.45) is 0. The first-order valence-corrected chi connectivity index (χ1v) is 10.6. The molecule has 0 radical (unpaired) electrons. The van der Waals surface area contributed by atoms with Crippen LogP contribution in [0.15, 0.2) is 48.5 Å². The Morgan fingerprint density at radius 3 is 2.50 bits per heavy atom. The summed E-state index contributed by atoms with van der Waals surface area (Å²) >= 11 is 0. The second-order valence-electron chi connectivity index (χ2n) is 6.67. The number of carbonyl (C=O) groups is 1. The van der Waals surface area contributed by atoms with Crippen molar-refractivity contribution in [3.63, 3.8) is 0 Å². The molecule has 8 heteroatoms. The maximum Gasteiger partial charge on any atom is 0.282 e.